The topological polar surface area (TPSA) is 63.6 Å². The number of fused-ring (bicyclic) bond motifs is 3. The Morgan fingerprint density at radius 3 is 1.91 bits per heavy atom. The van der Waals surface area contributed by atoms with Gasteiger partial charge in [-0.15, -0.1) is 0 Å². The van der Waals surface area contributed by atoms with E-state index in [1.807, 2.05) is 24.3 Å². The van der Waals surface area contributed by atoms with E-state index in [0.29, 0.717) is 5.69 Å². The Bertz CT molecular complexity index is 1020. The van der Waals surface area contributed by atoms with Gasteiger partial charge in [0.1, 0.15) is 0 Å². The number of hydrogen-bond acceptors (Lipinski definition) is 4. The minimum absolute atomic E-state index is 0.682. The van der Waals surface area contributed by atoms with Crippen LogP contribution in [0.5, 0.6) is 34.5 Å². The molecule has 0 aliphatic carbocycles. The van der Waals surface area contributed by atoms with Crippen molar-refractivity contribution in [2.24, 2.45) is 0 Å². The summed E-state index contributed by atoms with van der Waals surface area (Å²) in [7, 11) is 0. The molecular formula is C18H9NO3. The van der Waals surface area contributed by atoms with E-state index in [9.17, 15) is 0 Å². The maximum Gasteiger partial charge on any atom is 0.193 e. The van der Waals surface area contributed by atoms with E-state index in [1.165, 1.54) is 0 Å². The molecule has 0 radical (unpaired) electrons. The third-order valence-electron chi connectivity index (χ3n) is 4.31. The lowest BCUT2D eigenvalue weighted by Crippen LogP contribution is -1.79. The fraction of sp³-hybridized carbons (Fsp3) is 0. The second kappa shape index (κ2) is 3.20. The highest BCUT2D eigenvalue weighted by Gasteiger charge is 2.37. The quantitative estimate of drug-likeness (QED) is 0.362. The van der Waals surface area contributed by atoms with E-state index in [2.05, 4.69) is 18.2 Å². The first-order chi connectivity index (χ1) is 10.8. The normalized spacial score (nSPS) is 13.8. The molecule has 4 heteroatoms. The molecule has 0 atom stereocenters. The van der Waals surface area contributed by atoms with E-state index in [1.54, 1.807) is 0 Å². The Labute approximate surface area is 125 Å². The van der Waals surface area contributed by atoms with Crippen LogP contribution in [0.4, 0.5) is 5.69 Å². The number of rotatable bonds is 2. The summed E-state index contributed by atoms with van der Waals surface area (Å²) in [4.78, 5) is 0. The lowest BCUT2D eigenvalue weighted by Gasteiger charge is -1.98. The van der Waals surface area contributed by atoms with Crippen LogP contribution in [0.25, 0.3) is 22.3 Å². The zero-order valence-electron chi connectivity index (χ0n) is 11.3. The van der Waals surface area contributed by atoms with Crippen molar-refractivity contribution in [3.8, 4) is 56.8 Å². The third-order valence-corrected chi connectivity index (χ3v) is 4.31. The Balaban J connectivity index is 1.51. The summed E-state index contributed by atoms with van der Waals surface area (Å²) >= 11 is 0. The highest BCUT2D eigenvalue weighted by molar-refractivity contribution is 5.96. The number of hydrogen-bond donors (Lipinski definition) is 1. The fourth-order valence-corrected chi connectivity index (χ4v) is 3.06. The number of nitrogen functional groups attached to an aromatic ring is 1. The van der Waals surface area contributed by atoms with Crippen molar-refractivity contribution < 1.29 is 14.2 Å². The summed E-state index contributed by atoms with van der Waals surface area (Å²) in [5, 5.41) is 0. The fourth-order valence-electron chi connectivity index (χ4n) is 3.06. The van der Waals surface area contributed by atoms with Crippen molar-refractivity contribution in [2.45, 2.75) is 0 Å². The Hall–Kier alpha value is -3.14. The van der Waals surface area contributed by atoms with Gasteiger partial charge in [0.05, 0.1) is 5.69 Å². The molecule has 6 rings (SSSR count). The molecule has 3 aromatic rings. The maximum atomic E-state index is 5.82. The molecule has 0 aromatic heterocycles. The van der Waals surface area contributed by atoms with Crippen LogP contribution in [0.1, 0.15) is 0 Å². The van der Waals surface area contributed by atoms with Crippen LogP contribution in [-0.4, -0.2) is 0 Å². The average molecular weight is 287 g/mol. The second-order valence-corrected chi connectivity index (χ2v) is 5.62. The highest BCUT2D eigenvalue weighted by atomic mass is 16.6. The monoisotopic (exact) mass is 287 g/mol. The zero-order valence-corrected chi connectivity index (χ0v) is 11.3. The van der Waals surface area contributed by atoms with E-state index in [4.69, 9.17) is 19.9 Å². The number of para-hydroxylation sites is 1. The largest absolute Gasteiger partial charge is 0.449 e. The molecular weight excluding hydrogens is 278 g/mol. The van der Waals surface area contributed by atoms with Gasteiger partial charge in [-0.25, -0.2) is 0 Å². The van der Waals surface area contributed by atoms with Gasteiger partial charge in [0, 0.05) is 22.3 Å². The van der Waals surface area contributed by atoms with Gasteiger partial charge < -0.3 is 19.9 Å². The van der Waals surface area contributed by atoms with Gasteiger partial charge in [-0.3, -0.25) is 0 Å². The summed E-state index contributed by atoms with van der Waals surface area (Å²) in [5.41, 5.74) is 10.7. The van der Waals surface area contributed by atoms with Crippen LogP contribution in [0, 0.1) is 0 Å². The van der Waals surface area contributed by atoms with Crippen molar-refractivity contribution in [3.63, 3.8) is 0 Å². The van der Waals surface area contributed by atoms with Gasteiger partial charge in [0.15, 0.2) is 34.5 Å². The predicted molar refractivity (Wildman–Crippen MR) is 81.9 cm³/mol. The predicted octanol–water partition coefficient (Wildman–Crippen LogP) is 4.92. The van der Waals surface area contributed by atoms with E-state index < -0.39 is 0 Å². The van der Waals surface area contributed by atoms with Gasteiger partial charge >= 0.3 is 0 Å². The molecule has 3 heterocycles. The Morgan fingerprint density at radius 1 is 0.545 bits per heavy atom. The summed E-state index contributed by atoms with van der Waals surface area (Å²) in [5.74, 6) is 5.40. The molecule has 0 spiro atoms. The van der Waals surface area contributed by atoms with Crippen LogP contribution in [0.3, 0.4) is 0 Å². The molecule has 4 nitrogen and oxygen atoms in total. The first-order valence-electron chi connectivity index (χ1n) is 7.08. The first kappa shape index (κ1) is 10.6. The molecule has 3 aliphatic heterocycles. The third kappa shape index (κ3) is 1.22. The molecule has 3 aliphatic rings. The summed E-state index contributed by atoms with van der Waals surface area (Å²) in [6.07, 6.45) is 0. The van der Waals surface area contributed by atoms with Gasteiger partial charge in [0.2, 0.25) is 0 Å². The van der Waals surface area contributed by atoms with Crippen molar-refractivity contribution >= 4 is 5.69 Å². The highest BCUT2D eigenvalue weighted by Crippen LogP contribution is 2.64. The molecule has 0 fully saturated rings. The minimum atomic E-state index is 0.682. The SMILES string of the molecule is Nc1ccc(-c2ccc(-c3cccc4c3O4)c3c2O3)c2c1O2. The molecule has 0 amide bonds. The van der Waals surface area contributed by atoms with E-state index in [-0.39, 0.29) is 0 Å². The second-order valence-electron chi connectivity index (χ2n) is 5.62. The average Bonchev–Trinajstić information content (AvgIpc) is 3.39. The van der Waals surface area contributed by atoms with Crippen LogP contribution in [0.15, 0.2) is 42.5 Å². The van der Waals surface area contributed by atoms with Crippen LogP contribution in [0.2, 0.25) is 0 Å². The summed E-state index contributed by atoms with van der Waals surface area (Å²) in [6, 6.07) is 14.0. The molecule has 0 unspecified atom stereocenters. The molecule has 104 valence electrons. The van der Waals surface area contributed by atoms with Gasteiger partial charge in [-0.05, 0) is 30.3 Å². The molecule has 0 bridgehead atoms. The van der Waals surface area contributed by atoms with E-state index in [0.717, 1.165) is 56.8 Å². The number of ether oxygens (including phenoxy) is 3. The zero-order chi connectivity index (χ0) is 14.4. The Morgan fingerprint density at radius 2 is 1.14 bits per heavy atom. The molecule has 22 heavy (non-hydrogen) atoms. The smallest absolute Gasteiger partial charge is 0.193 e. The van der Waals surface area contributed by atoms with Crippen LogP contribution >= 0.6 is 0 Å². The lowest BCUT2D eigenvalue weighted by atomic mass is 10.0. The summed E-state index contributed by atoms with van der Waals surface area (Å²) < 4.78 is 16.7. The first-order valence-corrected chi connectivity index (χ1v) is 7.08. The number of benzene rings is 3. The molecule has 0 saturated heterocycles. The minimum Gasteiger partial charge on any atom is -0.449 e. The van der Waals surface area contributed by atoms with Gasteiger partial charge in [0.25, 0.3) is 0 Å². The van der Waals surface area contributed by atoms with Gasteiger partial charge in [-0.1, -0.05) is 12.1 Å². The summed E-state index contributed by atoms with van der Waals surface area (Å²) in [6.45, 7) is 0. The van der Waals surface area contributed by atoms with Gasteiger partial charge in [-0.2, -0.15) is 0 Å². The van der Waals surface area contributed by atoms with Crippen molar-refractivity contribution in [2.75, 3.05) is 5.73 Å². The van der Waals surface area contributed by atoms with Crippen LogP contribution in [-0.2, 0) is 0 Å². The molecule has 0 saturated carbocycles. The van der Waals surface area contributed by atoms with Crippen molar-refractivity contribution in [1.29, 1.82) is 0 Å². The molecule has 2 N–H and O–H groups in total. The lowest BCUT2D eigenvalue weighted by molar-refractivity contribution is 0.645. The van der Waals surface area contributed by atoms with Crippen LogP contribution < -0.4 is 19.9 Å². The van der Waals surface area contributed by atoms with E-state index >= 15 is 0 Å². The number of nitrogens with two attached hydrogens (primary N) is 1. The Kier molecular flexibility index (Phi) is 1.53. The number of anilines is 1. The standard InChI is InChI=1S/C18H9NO3/c19-12-7-6-11(17-18(12)22-17)10-5-4-9(15-16(10)21-15)8-2-1-3-13-14(8)20-13/h1-7H,19H2. The van der Waals surface area contributed by atoms with Crippen molar-refractivity contribution in [3.05, 3.63) is 42.5 Å². The van der Waals surface area contributed by atoms with Crippen molar-refractivity contribution in [1.82, 2.24) is 0 Å². The molecule has 3 aromatic carbocycles. The maximum absolute atomic E-state index is 5.82.